The van der Waals surface area contributed by atoms with Gasteiger partial charge in [-0.05, 0) is 0 Å². The molecule has 4 heteroatoms. The Hall–Kier alpha value is -1.73. The minimum absolute atomic E-state index is 1.18. The lowest BCUT2D eigenvalue weighted by Crippen LogP contribution is -2.27. The number of hydrogen-bond acceptors (Lipinski definition) is 3. The Morgan fingerprint density at radius 3 is 1.29 bits per heavy atom. The summed E-state index contributed by atoms with van der Waals surface area (Å²) in [5.74, 6) is 0. The molecule has 0 unspecified atom stereocenters. The van der Waals surface area contributed by atoms with Crippen LogP contribution in [0.3, 0.4) is 0 Å². The molecule has 0 saturated carbocycles. The van der Waals surface area contributed by atoms with Gasteiger partial charge in [0, 0.05) is 18.2 Å². The molecule has 86 valence electrons. The van der Waals surface area contributed by atoms with E-state index in [-0.39, 0.29) is 0 Å². The van der Waals surface area contributed by atoms with E-state index in [1.807, 2.05) is 18.2 Å². The first-order valence-corrected chi connectivity index (χ1v) is 7.50. The zero-order valence-corrected chi connectivity index (χ0v) is 10.3. The van der Waals surface area contributed by atoms with Crippen LogP contribution in [0, 0.1) is 0 Å². The van der Waals surface area contributed by atoms with E-state index >= 15 is 0 Å². The van der Waals surface area contributed by atoms with E-state index in [4.69, 9.17) is 13.3 Å². The summed E-state index contributed by atoms with van der Waals surface area (Å²) in [4.78, 5) is 0. The van der Waals surface area contributed by atoms with Gasteiger partial charge in [0.25, 0.3) is 0 Å². The maximum atomic E-state index is 5.22. The maximum Gasteiger partial charge on any atom is 0.142 e. The normalized spacial score (nSPS) is 11.8. The van der Waals surface area contributed by atoms with Crippen molar-refractivity contribution in [1.82, 2.24) is 0 Å². The van der Waals surface area contributed by atoms with E-state index in [1.165, 1.54) is 15.9 Å². The van der Waals surface area contributed by atoms with E-state index < -0.39 is 7.26 Å². The molecule has 0 spiro atoms. The number of furan rings is 3. The van der Waals surface area contributed by atoms with Gasteiger partial charge in [0.2, 0.25) is 0 Å². The molecular weight excluding hydrogens is 235 g/mol. The van der Waals surface area contributed by atoms with Crippen molar-refractivity contribution >= 4 is 23.2 Å². The molecule has 0 aliphatic carbocycles. The molecule has 0 bridgehead atoms. The van der Waals surface area contributed by atoms with Crippen LogP contribution in [-0.2, 0) is 0 Å². The quantitative estimate of drug-likeness (QED) is 0.667. The van der Waals surface area contributed by atoms with Crippen molar-refractivity contribution in [2.24, 2.45) is 0 Å². The molecule has 0 N–H and O–H groups in total. The van der Waals surface area contributed by atoms with Gasteiger partial charge in [0.1, 0.15) is 42.0 Å². The minimum atomic E-state index is -1.66. The number of hydrogen-bond donors (Lipinski definition) is 0. The van der Waals surface area contributed by atoms with Crippen LogP contribution in [0.1, 0.15) is 0 Å². The Labute approximate surface area is 99.4 Å². The summed E-state index contributed by atoms with van der Waals surface area (Å²) in [5.41, 5.74) is 0. The highest BCUT2D eigenvalue weighted by molar-refractivity contribution is 7.95. The Kier molecular flexibility index (Phi) is 2.41. The fourth-order valence-electron chi connectivity index (χ4n) is 1.98. The highest BCUT2D eigenvalue weighted by atomic mass is 31.2. The SMILES string of the molecule is C[P+](c1ccoc1)(c1ccoc1)c1ccoc1. The van der Waals surface area contributed by atoms with Crippen molar-refractivity contribution in [3.63, 3.8) is 0 Å². The molecule has 0 aliphatic rings. The van der Waals surface area contributed by atoms with Crippen molar-refractivity contribution in [2.45, 2.75) is 0 Å². The summed E-state index contributed by atoms with van der Waals surface area (Å²) in [7, 11) is -1.66. The largest absolute Gasteiger partial charge is 0.468 e. The first-order chi connectivity index (χ1) is 8.32. The molecule has 0 aromatic carbocycles. The molecule has 0 atom stereocenters. The summed E-state index contributed by atoms with van der Waals surface area (Å²) in [6, 6.07) is 6.02. The molecule has 17 heavy (non-hydrogen) atoms. The zero-order chi connectivity index (χ0) is 11.7. The van der Waals surface area contributed by atoms with Gasteiger partial charge in [0.15, 0.2) is 0 Å². The van der Waals surface area contributed by atoms with Crippen LogP contribution in [0.25, 0.3) is 0 Å². The lowest BCUT2D eigenvalue weighted by molar-refractivity contribution is 0.568. The topological polar surface area (TPSA) is 39.4 Å². The van der Waals surface area contributed by atoms with Crippen LogP contribution in [-0.4, -0.2) is 6.66 Å². The maximum absolute atomic E-state index is 5.22. The highest BCUT2D eigenvalue weighted by Crippen LogP contribution is 2.51. The molecule has 3 aromatic heterocycles. The molecule has 0 radical (unpaired) electrons. The second kappa shape index (κ2) is 3.94. The molecule has 0 fully saturated rings. The molecule has 3 rings (SSSR count). The predicted molar refractivity (Wildman–Crippen MR) is 67.9 cm³/mol. The molecular formula is C13H12O3P+. The first-order valence-electron chi connectivity index (χ1n) is 5.26. The Bertz CT molecular complexity index is 480. The van der Waals surface area contributed by atoms with Crippen molar-refractivity contribution in [1.29, 1.82) is 0 Å². The average molecular weight is 247 g/mol. The van der Waals surface area contributed by atoms with Crippen LogP contribution in [0.15, 0.2) is 69.0 Å². The molecule has 3 aromatic rings. The summed E-state index contributed by atoms with van der Waals surface area (Å²) in [6.45, 7) is 2.23. The van der Waals surface area contributed by atoms with Crippen molar-refractivity contribution in [2.75, 3.05) is 6.66 Å². The van der Waals surface area contributed by atoms with Gasteiger partial charge in [0.05, 0.1) is 25.5 Å². The van der Waals surface area contributed by atoms with Gasteiger partial charge in [-0.1, -0.05) is 0 Å². The van der Waals surface area contributed by atoms with E-state index in [2.05, 4.69) is 6.66 Å². The zero-order valence-electron chi connectivity index (χ0n) is 9.37. The fourth-order valence-corrected chi connectivity index (χ4v) is 4.77. The molecule has 0 aliphatic heterocycles. The van der Waals surface area contributed by atoms with Crippen LogP contribution < -0.4 is 15.9 Å². The second-order valence-electron chi connectivity index (χ2n) is 3.95. The summed E-state index contributed by atoms with van der Waals surface area (Å²) < 4.78 is 15.7. The lowest BCUT2D eigenvalue weighted by Gasteiger charge is -2.16. The Morgan fingerprint density at radius 1 is 0.706 bits per heavy atom. The van der Waals surface area contributed by atoms with E-state index in [0.29, 0.717) is 0 Å². The molecule has 0 saturated heterocycles. The van der Waals surface area contributed by atoms with Gasteiger partial charge < -0.3 is 13.3 Å². The third kappa shape index (κ3) is 1.55. The molecule has 0 amide bonds. The smallest absolute Gasteiger partial charge is 0.142 e. The monoisotopic (exact) mass is 247 g/mol. The summed E-state index contributed by atoms with van der Waals surface area (Å²) in [6.07, 6.45) is 10.5. The standard InChI is InChI=1S/C13H12O3P/c1-17(11-2-5-14-8-11,12-3-6-15-9-12)13-4-7-16-10-13/h2-10H,1H3/q+1. The van der Waals surface area contributed by atoms with Crippen molar-refractivity contribution in [3.05, 3.63) is 55.8 Å². The van der Waals surface area contributed by atoms with Crippen LogP contribution in [0.2, 0.25) is 0 Å². The van der Waals surface area contributed by atoms with Gasteiger partial charge in [-0.2, -0.15) is 0 Å². The highest BCUT2D eigenvalue weighted by Gasteiger charge is 2.43. The van der Waals surface area contributed by atoms with Gasteiger partial charge in [-0.15, -0.1) is 0 Å². The van der Waals surface area contributed by atoms with Gasteiger partial charge in [-0.3, -0.25) is 0 Å². The Balaban J connectivity index is 2.21. The summed E-state index contributed by atoms with van der Waals surface area (Å²) in [5, 5.41) is 3.54. The molecule has 3 heterocycles. The first kappa shape index (κ1) is 10.4. The second-order valence-corrected chi connectivity index (χ2v) is 7.51. The van der Waals surface area contributed by atoms with Crippen LogP contribution >= 0.6 is 7.26 Å². The minimum Gasteiger partial charge on any atom is -0.468 e. The predicted octanol–water partition coefficient (Wildman–Crippen LogP) is 2.39. The van der Waals surface area contributed by atoms with E-state index in [9.17, 15) is 0 Å². The third-order valence-corrected chi connectivity index (χ3v) is 6.93. The molecule has 3 nitrogen and oxygen atoms in total. The third-order valence-electron chi connectivity index (χ3n) is 3.07. The van der Waals surface area contributed by atoms with Crippen LogP contribution in [0.5, 0.6) is 0 Å². The van der Waals surface area contributed by atoms with Gasteiger partial charge >= 0.3 is 0 Å². The van der Waals surface area contributed by atoms with E-state index in [1.54, 1.807) is 37.6 Å². The van der Waals surface area contributed by atoms with E-state index in [0.717, 1.165) is 0 Å². The Morgan fingerprint density at radius 2 is 1.06 bits per heavy atom. The van der Waals surface area contributed by atoms with Gasteiger partial charge in [-0.25, -0.2) is 0 Å². The van der Waals surface area contributed by atoms with Crippen molar-refractivity contribution in [3.8, 4) is 0 Å². The summed E-state index contributed by atoms with van der Waals surface area (Å²) >= 11 is 0. The lowest BCUT2D eigenvalue weighted by atomic mass is 10.6. The van der Waals surface area contributed by atoms with Crippen molar-refractivity contribution < 1.29 is 13.3 Å². The average Bonchev–Trinajstić information content (AvgIpc) is 3.10. The fraction of sp³-hybridized carbons (Fsp3) is 0.0769. The van der Waals surface area contributed by atoms with Crippen LogP contribution in [0.4, 0.5) is 0 Å². The number of rotatable bonds is 3.